The lowest BCUT2D eigenvalue weighted by atomic mass is 10.0. The Kier molecular flexibility index (Phi) is 6.47. The maximum Gasteiger partial charge on any atom is 0.0637 e. The molecule has 102 valence electrons. The van der Waals surface area contributed by atoms with Crippen LogP contribution in [0.15, 0.2) is 18.2 Å². The lowest BCUT2D eigenvalue weighted by molar-refractivity contribution is 0.205. The SMILES string of the molecule is CCN(CCOC)c1ccc(Cl)cc1CC(C)N. The lowest BCUT2D eigenvalue weighted by Gasteiger charge is -2.26. The summed E-state index contributed by atoms with van der Waals surface area (Å²) in [6.07, 6.45) is 0.833. The molecule has 3 nitrogen and oxygen atoms in total. The summed E-state index contributed by atoms with van der Waals surface area (Å²) in [5.41, 5.74) is 8.31. The predicted molar refractivity (Wildman–Crippen MR) is 78.6 cm³/mol. The Morgan fingerprint density at radius 2 is 2.17 bits per heavy atom. The number of nitrogens with zero attached hydrogens (tertiary/aromatic N) is 1. The molecule has 1 aromatic carbocycles. The summed E-state index contributed by atoms with van der Waals surface area (Å²) in [6.45, 7) is 6.68. The molecule has 1 aromatic rings. The Morgan fingerprint density at radius 3 is 2.72 bits per heavy atom. The molecule has 0 aliphatic rings. The molecule has 0 aromatic heterocycles. The highest BCUT2D eigenvalue weighted by atomic mass is 35.5. The summed E-state index contributed by atoms with van der Waals surface area (Å²) in [7, 11) is 1.72. The summed E-state index contributed by atoms with van der Waals surface area (Å²) >= 11 is 6.07. The van der Waals surface area contributed by atoms with Gasteiger partial charge in [0.05, 0.1) is 6.61 Å². The lowest BCUT2D eigenvalue weighted by Crippen LogP contribution is -2.29. The second-order valence-electron chi connectivity index (χ2n) is 4.53. The summed E-state index contributed by atoms with van der Waals surface area (Å²) in [5, 5.41) is 0.761. The van der Waals surface area contributed by atoms with E-state index in [2.05, 4.69) is 17.9 Å². The number of benzene rings is 1. The third-order valence-corrected chi connectivity index (χ3v) is 3.11. The number of ether oxygens (including phenoxy) is 1. The van der Waals surface area contributed by atoms with E-state index in [4.69, 9.17) is 22.1 Å². The normalized spacial score (nSPS) is 12.5. The summed E-state index contributed by atoms with van der Waals surface area (Å²) in [4.78, 5) is 2.29. The quantitative estimate of drug-likeness (QED) is 0.828. The molecule has 0 spiro atoms. The van der Waals surface area contributed by atoms with Crippen LogP contribution in [0.2, 0.25) is 5.02 Å². The second-order valence-corrected chi connectivity index (χ2v) is 4.96. The first-order valence-electron chi connectivity index (χ1n) is 6.36. The number of halogens is 1. The minimum Gasteiger partial charge on any atom is -0.383 e. The topological polar surface area (TPSA) is 38.5 Å². The van der Waals surface area contributed by atoms with E-state index in [0.717, 1.165) is 24.5 Å². The van der Waals surface area contributed by atoms with Crippen LogP contribution < -0.4 is 10.6 Å². The maximum absolute atomic E-state index is 6.07. The molecule has 1 atom stereocenters. The van der Waals surface area contributed by atoms with E-state index in [1.165, 1.54) is 11.3 Å². The van der Waals surface area contributed by atoms with Crippen molar-refractivity contribution in [2.45, 2.75) is 26.3 Å². The van der Waals surface area contributed by atoms with Crippen LogP contribution in [0.5, 0.6) is 0 Å². The van der Waals surface area contributed by atoms with Gasteiger partial charge in [-0.3, -0.25) is 0 Å². The van der Waals surface area contributed by atoms with Crippen molar-refractivity contribution in [3.63, 3.8) is 0 Å². The first-order valence-corrected chi connectivity index (χ1v) is 6.74. The van der Waals surface area contributed by atoms with Gasteiger partial charge >= 0.3 is 0 Å². The molecular formula is C14H23ClN2O. The number of hydrogen-bond donors (Lipinski definition) is 1. The van der Waals surface area contributed by atoms with Crippen LogP contribution in [0.1, 0.15) is 19.4 Å². The van der Waals surface area contributed by atoms with Crippen molar-refractivity contribution >= 4 is 17.3 Å². The second kappa shape index (κ2) is 7.62. The highest BCUT2D eigenvalue weighted by Gasteiger charge is 2.11. The summed E-state index contributed by atoms with van der Waals surface area (Å²) < 4.78 is 5.15. The monoisotopic (exact) mass is 270 g/mol. The van der Waals surface area contributed by atoms with Crippen molar-refractivity contribution in [2.75, 3.05) is 31.7 Å². The summed E-state index contributed by atoms with van der Waals surface area (Å²) in [5.74, 6) is 0. The smallest absolute Gasteiger partial charge is 0.0637 e. The molecule has 4 heteroatoms. The molecule has 0 bridgehead atoms. The molecule has 0 saturated carbocycles. The van der Waals surface area contributed by atoms with E-state index in [1.54, 1.807) is 7.11 Å². The zero-order chi connectivity index (χ0) is 13.5. The number of hydrogen-bond acceptors (Lipinski definition) is 3. The van der Waals surface area contributed by atoms with Gasteiger partial charge < -0.3 is 15.4 Å². The molecule has 18 heavy (non-hydrogen) atoms. The third kappa shape index (κ3) is 4.48. The minimum atomic E-state index is 0.128. The van der Waals surface area contributed by atoms with Crippen molar-refractivity contribution in [1.82, 2.24) is 0 Å². The van der Waals surface area contributed by atoms with Gasteiger partial charge in [-0.2, -0.15) is 0 Å². The Balaban J connectivity index is 2.96. The molecule has 0 heterocycles. The van der Waals surface area contributed by atoms with Gasteiger partial charge in [0.1, 0.15) is 0 Å². The van der Waals surface area contributed by atoms with Gasteiger partial charge in [0.15, 0.2) is 0 Å². The molecule has 2 N–H and O–H groups in total. The number of methoxy groups -OCH3 is 1. The zero-order valence-corrected chi connectivity index (χ0v) is 12.2. The molecule has 0 amide bonds. The van der Waals surface area contributed by atoms with Gasteiger partial charge in [-0.1, -0.05) is 11.6 Å². The minimum absolute atomic E-state index is 0.128. The molecule has 1 rings (SSSR count). The fourth-order valence-electron chi connectivity index (χ4n) is 2.02. The Bertz CT molecular complexity index is 369. The molecule has 0 aliphatic heterocycles. The van der Waals surface area contributed by atoms with Crippen LogP contribution >= 0.6 is 11.6 Å². The Labute approximate surface area is 115 Å². The van der Waals surface area contributed by atoms with Gasteiger partial charge in [0.2, 0.25) is 0 Å². The maximum atomic E-state index is 6.07. The van der Waals surface area contributed by atoms with Gasteiger partial charge in [0, 0.05) is 37.0 Å². The number of rotatable bonds is 7. The van der Waals surface area contributed by atoms with Gasteiger partial charge in [-0.25, -0.2) is 0 Å². The average Bonchev–Trinajstić information content (AvgIpc) is 2.31. The average molecular weight is 271 g/mol. The van der Waals surface area contributed by atoms with Crippen molar-refractivity contribution in [2.24, 2.45) is 5.73 Å². The zero-order valence-electron chi connectivity index (χ0n) is 11.4. The van der Waals surface area contributed by atoms with Crippen molar-refractivity contribution in [3.05, 3.63) is 28.8 Å². The van der Waals surface area contributed by atoms with E-state index in [0.29, 0.717) is 6.61 Å². The van der Waals surface area contributed by atoms with Gasteiger partial charge in [-0.15, -0.1) is 0 Å². The van der Waals surface area contributed by atoms with Crippen LogP contribution in [-0.2, 0) is 11.2 Å². The van der Waals surface area contributed by atoms with Crippen LogP contribution in [-0.4, -0.2) is 32.8 Å². The molecule has 0 radical (unpaired) electrons. The van der Waals surface area contributed by atoms with Crippen molar-refractivity contribution in [1.29, 1.82) is 0 Å². The molecule has 0 saturated heterocycles. The van der Waals surface area contributed by atoms with E-state index in [-0.39, 0.29) is 6.04 Å². The van der Waals surface area contributed by atoms with E-state index < -0.39 is 0 Å². The number of likely N-dealkylation sites (N-methyl/N-ethyl adjacent to an activating group) is 1. The molecule has 0 aliphatic carbocycles. The van der Waals surface area contributed by atoms with Crippen molar-refractivity contribution < 1.29 is 4.74 Å². The Morgan fingerprint density at radius 1 is 1.44 bits per heavy atom. The largest absolute Gasteiger partial charge is 0.383 e. The van der Waals surface area contributed by atoms with Crippen LogP contribution in [0.3, 0.4) is 0 Å². The van der Waals surface area contributed by atoms with Crippen LogP contribution in [0, 0.1) is 0 Å². The first-order chi connectivity index (χ1) is 8.58. The highest BCUT2D eigenvalue weighted by Crippen LogP contribution is 2.25. The van der Waals surface area contributed by atoms with Crippen LogP contribution in [0.25, 0.3) is 0 Å². The predicted octanol–water partition coefficient (Wildman–Crippen LogP) is 2.70. The third-order valence-electron chi connectivity index (χ3n) is 2.87. The van der Waals surface area contributed by atoms with Gasteiger partial charge in [0.25, 0.3) is 0 Å². The van der Waals surface area contributed by atoms with Gasteiger partial charge in [-0.05, 0) is 44.0 Å². The van der Waals surface area contributed by atoms with E-state index in [1.807, 2.05) is 19.1 Å². The highest BCUT2D eigenvalue weighted by molar-refractivity contribution is 6.30. The number of anilines is 1. The number of nitrogens with two attached hydrogens (primary N) is 1. The van der Waals surface area contributed by atoms with Crippen LogP contribution in [0.4, 0.5) is 5.69 Å². The molecule has 0 fully saturated rings. The summed E-state index contributed by atoms with van der Waals surface area (Å²) in [6, 6.07) is 6.13. The first kappa shape index (κ1) is 15.3. The molecular weight excluding hydrogens is 248 g/mol. The van der Waals surface area contributed by atoms with E-state index >= 15 is 0 Å². The Hall–Kier alpha value is -0.770. The standard InChI is InChI=1S/C14H23ClN2O/c1-4-17(7-8-18-3)14-6-5-13(15)10-12(14)9-11(2)16/h5-6,10-11H,4,7-9,16H2,1-3H3. The fourth-order valence-corrected chi connectivity index (χ4v) is 2.22. The fraction of sp³-hybridized carbons (Fsp3) is 0.571. The van der Waals surface area contributed by atoms with E-state index in [9.17, 15) is 0 Å². The molecule has 1 unspecified atom stereocenters. The van der Waals surface area contributed by atoms with Crippen molar-refractivity contribution in [3.8, 4) is 0 Å².